The highest BCUT2D eigenvalue weighted by molar-refractivity contribution is 5.90. The van der Waals surface area contributed by atoms with Gasteiger partial charge in [0.2, 0.25) is 17.6 Å². The third-order valence-electron chi connectivity index (χ3n) is 5.24. The van der Waals surface area contributed by atoms with Gasteiger partial charge in [0.25, 0.3) is 0 Å². The zero-order valence-electron chi connectivity index (χ0n) is 18.3. The fourth-order valence-corrected chi connectivity index (χ4v) is 3.66. The minimum absolute atomic E-state index is 0.148. The van der Waals surface area contributed by atoms with Crippen LogP contribution in [0.5, 0.6) is 0 Å². The van der Waals surface area contributed by atoms with E-state index in [1.54, 1.807) is 25.3 Å². The van der Waals surface area contributed by atoms with Gasteiger partial charge in [-0.15, -0.1) is 0 Å². The van der Waals surface area contributed by atoms with Crippen LogP contribution in [0.2, 0.25) is 0 Å². The van der Waals surface area contributed by atoms with Gasteiger partial charge in [-0.1, -0.05) is 17.3 Å². The lowest BCUT2D eigenvalue weighted by Crippen LogP contribution is -2.45. The molecule has 1 aromatic carbocycles. The van der Waals surface area contributed by atoms with Crippen molar-refractivity contribution in [1.82, 2.24) is 15.1 Å². The molecule has 1 amide bonds. The molecule has 9 heteroatoms. The van der Waals surface area contributed by atoms with Gasteiger partial charge in [-0.05, 0) is 44.5 Å². The fourth-order valence-electron chi connectivity index (χ4n) is 3.66. The van der Waals surface area contributed by atoms with Gasteiger partial charge in [0.05, 0.1) is 24.1 Å². The molecule has 0 bridgehead atoms. The Bertz CT molecular complexity index is 1080. The van der Waals surface area contributed by atoms with Crippen molar-refractivity contribution in [2.24, 2.45) is 0 Å². The third-order valence-corrected chi connectivity index (χ3v) is 5.24. The van der Waals surface area contributed by atoms with Crippen LogP contribution in [0, 0.1) is 12.7 Å². The highest BCUT2D eigenvalue weighted by Gasteiger charge is 2.23. The summed E-state index contributed by atoms with van der Waals surface area (Å²) in [5.74, 6) is 0.960. The molecule has 1 saturated heterocycles. The molecule has 1 N–H and O–H groups in total. The maximum absolute atomic E-state index is 13.7. The molecule has 1 aliphatic heterocycles. The SMILES string of the molecule is Cc1ccc(-c2noc(CCC(=O)Nc3ccc(N4CC(C)OC(C)C4)nc3)n2)cc1F. The molecule has 2 atom stereocenters. The van der Waals surface area contributed by atoms with E-state index in [2.05, 4.69) is 25.3 Å². The zero-order valence-corrected chi connectivity index (χ0v) is 18.3. The normalized spacial score (nSPS) is 18.6. The molecular weight excluding hydrogens is 413 g/mol. The number of aryl methyl sites for hydroxylation is 2. The lowest BCUT2D eigenvalue weighted by atomic mass is 10.1. The molecular formula is C23H26FN5O3. The van der Waals surface area contributed by atoms with E-state index in [-0.39, 0.29) is 36.8 Å². The second-order valence-electron chi connectivity index (χ2n) is 8.09. The Kier molecular flexibility index (Phi) is 6.45. The van der Waals surface area contributed by atoms with Gasteiger partial charge in [0.1, 0.15) is 11.6 Å². The number of morpholine rings is 1. The molecule has 8 nitrogen and oxygen atoms in total. The monoisotopic (exact) mass is 439 g/mol. The third kappa shape index (κ3) is 5.28. The maximum atomic E-state index is 13.7. The van der Waals surface area contributed by atoms with Crippen molar-refractivity contribution in [3.8, 4) is 11.4 Å². The number of nitrogens with one attached hydrogen (secondary N) is 1. The number of anilines is 2. The highest BCUT2D eigenvalue weighted by Crippen LogP contribution is 2.21. The number of benzene rings is 1. The van der Waals surface area contributed by atoms with Crippen LogP contribution in [-0.2, 0) is 16.0 Å². The van der Waals surface area contributed by atoms with Crippen molar-refractivity contribution in [3.63, 3.8) is 0 Å². The second-order valence-corrected chi connectivity index (χ2v) is 8.09. The summed E-state index contributed by atoms with van der Waals surface area (Å²) in [4.78, 5) is 23.2. The molecule has 0 spiro atoms. The molecule has 1 aliphatic rings. The summed E-state index contributed by atoms with van der Waals surface area (Å²) in [5.41, 5.74) is 1.70. The number of amides is 1. The Balaban J connectivity index is 1.30. The minimum Gasteiger partial charge on any atom is -0.372 e. The van der Waals surface area contributed by atoms with Crippen LogP contribution in [0.3, 0.4) is 0 Å². The van der Waals surface area contributed by atoms with Crippen LogP contribution in [-0.4, -0.2) is 46.3 Å². The van der Waals surface area contributed by atoms with E-state index in [4.69, 9.17) is 9.26 Å². The number of pyridine rings is 1. The van der Waals surface area contributed by atoms with E-state index in [9.17, 15) is 9.18 Å². The summed E-state index contributed by atoms with van der Waals surface area (Å²) in [6.07, 6.45) is 2.39. The molecule has 1 fully saturated rings. The summed E-state index contributed by atoms with van der Waals surface area (Å²) < 4.78 is 24.7. The maximum Gasteiger partial charge on any atom is 0.227 e. The first kappa shape index (κ1) is 21.9. The molecule has 2 unspecified atom stereocenters. The highest BCUT2D eigenvalue weighted by atomic mass is 19.1. The molecule has 168 valence electrons. The lowest BCUT2D eigenvalue weighted by Gasteiger charge is -2.36. The summed E-state index contributed by atoms with van der Waals surface area (Å²) in [6, 6.07) is 8.49. The Hall–Kier alpha value is -3.33. The Labute approximate surface area is 185 Å². The van der Waals surface area contributed by atoms with Crippen molar-refractivity contribution in [2.75, 3.05) is 23.3 Å². The van der Waals surface area contributed by atoms with E-state index in [0.29, 0.717) is 28.5 Å². The largest absolute Gasteiger partial charge is 0.372 e. The van der Waals surface area contributed by atoms with Crippen LogP contribution in [0.1, 0.15) is 31.7 Å². The molecule has 2 aromatic heterocycles. The van der Waals surface area contributed by atoms with Crippen LogP contribution < -0.4 is 10.2 Å². The fraction of sp³-hybridized carbons (Fsp3) is 0.391. The van der Waals surface area contributed by atoms with Gasteiger partial charge in [-0.2, -0.15) is 4.98 Å². The number of hydrogen-bond donors (Lipinski definition) is 1. The molecule has 4 rings (SSSR count). The number of carbonyl (C=O) groups is 1. The first-order chi connectivity index (χ1) is 15.4. The van der Waals surface area contributed by atoms with Crippen molar-refractivity contribution < 1.29 is 18.4 Å². The number of aromatic nitrogens is 3. The molecule has 3 heterocycles. The number of carbonyl (C=O) groups excluding carboxylic acids is 1. The van der Waals surface area contributed by atoms with E-state index in [1.165, 1.54) is 6.07 Å². The Morgan fingerprint density at radius 3 is 2.69 bits per heavy atom. The van der Waals surface area contributed by atoms with Gasteiger partial charge in [-0.25, -0.2) is 9.37 Å². The number of rotatable bonds is 6. The van der Waals surface area contributed by atoms with E-state index in [1.807, 2.05) is 26.0 Å². The topological polar surface area (TPSA) is 93.4 Å². The minimum atomic E-state index is -0.328. The number of hydrogen-bond acceptors (Lipinski definition) is 7. The van der Waals surface area contributed by atoms with Gasteiger partial charge < -0.3 is 19.5 Å². The second kappa shape index (κ2) is 9.44. The van der Waals surface area contributed by atoms with Crippen LogP contribution >= 0.6 is 0 Å². The quantitative estimate of drug-likeness (QED) is 0.625. The zero-order chi connectivity index (χ0) is 22.7. The van der Waals surface area contributed by atoms with Crippen molar-refractivity contribution in [2.45, 2.75) is 45.8 Å². The molecule has 3 aromatic rings. The van der Waals surface area contributed by atoms with E-state index < -0.39 is 0 Å². The predicted molar refractivity (Wildman–Crippen MR) is 118 cm³/mol. The lowest BCUT2D eigenvalue weighted by molar-refractivity contribution is -0.116. The van der Waals surface area contributed by atoms with Gasteiger partial charge >= 0.3 is 0 Å². The summed E-state index contributed by atoms with van der Waals surface area (Å²) in [7, 11) is 0. The first-order valence-electron chi connectivity index (χ1n) is 10.6. The van der Waals surface area contributed by atoms with Gasteiger partial charge in [0.15, 0.2) is 0 Å². The molecule has 32 heavy (non-hydrogen) atoms. The van der Waals surface area contributed by atoms with E-state index >= 15 is 0 Å². The Morgan fingerprint density at radius 1 is 1.22 bits per heavy atom. The van der Waals surface area contributed by atoms with Crippen molar-refractivity contribution in [1.29, 1.82) is 0 Å². The molecule has 0 aliphatic carbocycles. The van der Waals surface area contributed by atoms with Crippen LogP contribution in [0.4, 0.5) is 15.9 Å². The number of ether oxygens (including phenoxy) is 1. The summed E-state index contributed by atoms with van der Waals surface area (Å²) in [5, 5.41) is 6.70. The van der Waals surface area contributed by atoms with Gasteiger partial charge in [0, 0.05) is 31.5 Å². The van der Waals surface area contributed by atoms with Crippen molar-refractivity contribution >= 4 is 17.4 Å². The van der Waals surface area contributed by atoms with Crippen molar-refractivity contribution in [3.05, 3.63) is 53.8 Å². The summed E-state index contributed by atoms with van der Waals surface area (Å²) >= 11 is 0. The van der Waals surface area contributed by atoms with Crippen LogP contribution in [0.25, 0.3) is 11.4 Å². The summed E-state index contributed by atoms with van der Waals surface area (Å²) in [6.45, 7) is 7.34. The number of nitrogens with zero attached hydrogens (tertiary/aromatic N) is 4. The molecule has 0 saturated carbocycles. The smallest absolute Gasteiger partial charge is 0.227 e. The van der Waals surface area contributed by atoms with E-state index in [0.717, 1.165) is 18.9 Å². The first-order valence-corrected chi connectivity index (χ1v) is 10.6. The Morgan fingerprint density at radius 2 is 2.00 bits per heavy atom. The average molecular weight is 439 g/mol. The molecule has 0 radical (unpaired) electrons. The van der Waals surface area contributed by atoms with Gasteiger partial charge in [-0.3, -0.25) is 4.79 Å². The predicted octanol–water partition coefficient (Wildman–Crippen LogP) is 3.76. The average Bonchev–Trinajstić information content (AvgIpc) is 3.23. The number of halogens is 1. The standard InChI is InChI=1S/C23H26FN5O3/c1-14-4-5-17(10-19(14)24)23-27-22(32-28-23)9-8-21(30)26-18-6-7-20(25-11-18)29-12-15(2)31-16(3)13-29/h4-7,10-11,15-16H,8-9,12-13H2,1-3H3,(H,26,30). The van der Waals surface area contributed by atoms with Crippen LogP contribution in [0.15, 0.2) is 41.1 Å².